The predicted molar refractivity (Wildman–Crippen MR) is 80.4 cm³/mol. The summed E-state index contributed by atoms with van der Waals surface area (Å²) in [5, 5.41) is 0. The lowest BCUT2D eigenvalue weighted by atomic mass is 9.68. The Balaban J connectivity index is 1.93. The Morgan fingerprint density at radius 1 is 1.26 bits per heavy atom. The second kappa shape index (κ2) is 5.96. The van der Waals surface area contributed by atoms with Crippen LogP contribution in [0.3, 0.4) is 0 Å². The molecule has 0 aromatic heterocycles. The molecular weight excluding hydrogens is 234 g/mol. The van der Waals surface area contributed by atoms with Crippen LogP contribution < -0.4 is 10.5 Å². The summed E-state index contributed by atoms with van der Waals surface area (Å²) in [5.74, 6) is 2.40. The SMILES string of the molecule is COc1ccc(CCC2(N)CCC(C)CC2C)cc1. The molecule has 1 aliphatic carbocycles. The highest BCUT2D eigenvalue weighted by Gasteiger charge is 2.36. The van der Waals surface area contributed by atoms with Crippen molar-refractivity contribution >= 4 is 0 Å². The van der Waals surface area contributed by atoms with Crippen molar-refractivity contribution in [3.05, 3.63) is 29.8 Å². The lowest BCUT2D eigenvalue weighted by Crippen LogP contribution is -2.49. The summed E-state index contributed by atoms with van der Waals surface area (Å²) in [7, 11) is 1.70. The van der Waals surface area contributed by atoms with Crippen molar-refractivity contribution in [2.24, 2.45) is 17.6 Å². The van der Waals surface area contributed by atoms with E-state index >= 15 is 0 Å². The van der Waals surface area contributed by atoms with Crippen molar-refractivity contribution in [3.63, 3.8) is 0 Å². The minimum Gasteiger partial charge on any atom is -0.497 e. The maximum atomic E-state index is 6.64. The third kappa shape index (κ3) is 3.50. The van der Waals surface area contributed by atoms with E-state index in [-0.39, 0.29) is 5.54 Å². The first-order valence-electron chi connectivity index (χ1n) is 7.45. The fourth-order valence-electron chi connectivity index (χ4n) is 3.26. The summed E-state index contributed by atoms with van der Waals surface area (Å²) in [6, 6.07) is 8.37. The van der Waals surface area contributed by atoms with Crippen molar-refractivity contribution in [1.29, 1.82) is 0 Å². The molecule has 1 aromatic carbocycles. The van der Waals surface area contributed by atoms with Crippen LogP contribution in [0, 0.1) is 11.8 Å². The number of ether oxygens (including phenoxy) is 1. The van der Waals surface area contributed by atoms with E-state index in [1.54, 1.807) is 7.11 Å². The molecule has 1 aliphatic rings. The van der Waals surface area contributed by atoms with Gasteiger partial charge in [0.1, 0.15) is 5.75 Å². The molecule has 0 saturated heterocycles. The first-order valence-corrected chi connectivity index (χ1v) is 7.45. The summed E-state index contributed by atoms with van der Waals surface area (Å²) < 4.78 is 5.19. The average Bonchev–Trinajstić information content (AvgIpc) is 2.42. The number of nitrogens with two attached hydrogens (primary N) is 1. The molecule has 1 aromatic rings. The zero-order valence-corrected chi connectivity index (χ0v) is 12.5. The molecule has 0 amide bonds. The number of methoxy groups -OCH3 is 1. The van der Waals surface area contributed by atoms with Gasteiger partial charge in [-0.1, -0.05) is 26.0 Å². The third-order valence-electron chi connectivity index (χ3n) is 4.88. The summed E-state index contributed by atoms with van der Waals surface area (Å²) in [4.78, 5) is 0. The zero-order chi connectivity index (χ0) is 13.9. The molecular formula is C17H27NO. The molecule has 0 aliphatic heterocycles. The van der Waals surface area contributed by atoms with Gasteiger partial charge in [-0.3, -0.25) is 0 Å². The molecule has 0 radical (unpaired) electrons. The van der Waals surface area contributed by atoms with Crippen LogP contribution in [0.1, 0.15) is 45.1 Å². The number of hydrogen-bond donors (Lipinski definition) is 1. The molecule has 1 saturated carbocycles. The topological polar surface area (TPSA) is 35.2 Å². The van der Waals surface area contributed by atoms with Crippen molar-refractivity contribution in [3.8, 4) is 5.75 Å². The van der Waals surface area contributed by atoms with Crippen LogP contribution in [0.2, 0.25) is 0 Å². The number of aryl methyl sites for hydroxylation is 1. The standard InChI is InChI=1S/C17H27NO/c1-13-8-10-17(18,14(2)12-13)11-9-15-4-6-16(19-3)7-5-15/h4-7,13-14H,8-12,18H2,1-3H3. The van der Waals surface area contributed by atoms with Crippen molar-refractivity contribution in [2.75, 3.05) is 7.11 Å². The third-order valence-corrected chi connectivity index (χ3v) is 4.88. The monoisotopic (exact) mass is 261 g/mol. The van der Waals surface area contributed by atoms with E-state index in [0.717, 1.165) is 24.5 Å². The molecule has 3 atom stereocenters. The van der Waals surface area contributed by atoms with E-state index in [2.05, 4.69) is 26.0 Å². The van der Waals surface area contributed by atoms with Gasteiger partial charge < -0.3 is 10.5 Å². The van der Waals surface area contributed by atoms with Crippen molar-refractivity contribution in [2.45, 2.75) is 51.5 Å². The first kappa shape index (κ1) is 14.4. The van der Waals surface area contributed by atoms with Crippen molar-refractivity contribution < 1.29 is 4.74 Å². The van der Waals surface area contributed by atoms with E-state index in [9.17, 15) is 0 Å². The van der Waals surface area contributed by atoms with E-state index in [4.69, 9.17) is 10.5 Å². The van der Waals surface area contributed by atoms with Crippen LogP contribution in [0.25, 0.3) is 0 Å². The zero-order valence-electron chi connectivity index (χ0n) is 12.5. The molecule has 3 unspecified atom stereocenters. The maximum Gasteiger partial charge on any atom is 0.118 e. The van der Waals surface area contributed by atoms with Crippen LogP contribution in [0.5, 0.6) is 5.75 Å². The highest BCUT2D eigenvalue weighted by atomic mass is 16.5. The summed E-state index contributed by atoms with van der Waals surface area (Å²) in [6.07, 6.45) is 5.89. The lowest BCUT2D eigenvalue weighted by molar-refractivity contribution is 0.154. The number of benzene rings is 1. The molecule has 2 N–H and O–H groups in total. The molecule has 2 rings (SSSR count). The van der Waals surface area contributed by atoms with Gasteiger partial charge in [0.05, 0.1) is 7.11 Å². The average molecular weight is 261 g/mol. The van der Waals surface area contributed by atoms with Crippen LogP contribution in [-0.4, -0.2) is 12.6 Å². The van der Waals surface area contributed by atoms with E-state index < -0.39 is 0 Å². The molecule has 0 bridgehead atoms. The molecule has 106 valence electrons. The minimum atomic E-state index is 0.0342. The summed E-state index contributed by atoms with van der Waals surface area (Å²) >= 11 is 0. The van der Waals surface area contributed by atoms with Crippen LogP contribution in [0.15, 0.2) is 24.3 Å². The van der Waals surface area contributed by atoms with Gasteiger partial charge in [0.2, 0.25) is 0 Å². The highest BCUT2D eigenvalue weighted by molar-refractivity contribution is 5.27. The fraction of sp³-hybridized carbons (Fsp3) is 0.647. The van der Waals surface area contributed by atoms with Gasteiger partial charge in [-0.2, -0.15) is 0 Å². The fourth-order valence-corrected chi connectivity index (χ4v) is 3.26. The maximum absolute atomic E-state index is 6.64. The van der Waals surface area contributed by atoms with Crippen LogP contribution >= 0.6 is 0 Å². The van der Waals surface area contributed by atoms with E-state index in [1.807, 2.05) is 12.1 Å². The van der Waals surface area contributed by atoms with Gasteiger partial charge in [-0.15, -0.1) is 0 Å². The lowest BCUT2D eigenvalue weighted by Gasteiger charge is -2.42. The van der Waals surface area contributed by atoms with Gasteiger partial charge in [-0.25, -0.2) is 0 Å². The quantitative estimate of drug-likeness (QED) is 0.895. The summed E-state index contributed by atoms with van der Waals surface area (Å²) in [5.41, 5.74) is 8.04. The Labute approximate surface area is 117 Å². The second-order valence-electron chi connectivity index (χ2n) is 6.36. The van der Waals surface area contributed by atoms with E-state index in [1.165, 1.54) is 24.8 Å². The predicted octanol–water partition coefficient (Wildman–Crippen LogP) is 3.78. The largest absolute Gasteiger partial charge is 0.497 e. The molecule has 1 fully saturated rings. The van der Waals surface area contributed by atoms with Gasteiger partial charge in [0.15, 0.2) is 0 Å². The Morgan fingerprint density at radius 3 is 2.53 bits per heavy atom. The number of hydrogen-bond acceptors (Lipinski definition) is 2. The van der Waals surface area contributed by atoms with Gasteiger partial charge in [0, 0.05) is 5.54 Å². The molecule has 2 nitrogen and oxygen atoms in total. The van der Waals surface area contributed by atoms with Gasteiger partial charge in [0.25, 0.3) is 0 Å². The molecule has 0 spiro atoms. The molecule has 2 heteroatoms. The van der Waals surface area contributed by atoms with Crippen LogP contribution in [0.4, 0.5) is 0 Å². The first-order chi connectivity index (χ1) is 9.03. The molecule has 0 heterocycles. The summed E-state index contributed by atoms with van der Waals surface area (Å²) in [6.45, 7) is 4.67. The highest BCUT2D eigenvalue weighted by Crippen LogP contribution is 2.37. The van der Waals surface area contributed by atoms with Crippen molar-refractivity contribution in [1.82, 2.24) is 0 Å². The Kier molecular flexibility index (Phi) is 4.51. The molecule has 19 heavy (non-hydrogen) atoms. The number of rotatable bonds is 4. The Bertz CT molecular complexity index is 400. The Hall–Kier alpha value is -1.02. The van der Waals surface area contributed by atoms with Gasteiger partial charge >= 0.3 is 0 Å². The second-order valence-corrected chi connectivity index (χ2v) is 6.36. The van der Waals surface area contributed by atoms with Crippen LogP contribution in [-0.2, 0) is 6.42 Å². The van der Waals surface area contributed by atoms with E-state index in [0.29, 0.717) is 5.92 Å². The van der Waals surface area contributed by atoms with Gasteiger partial charge in [-0.05, 0) is 61.6 Å². The minimum absolute atomic E-state index is 0.0342. The smallest absolute Gasteiger partial charge is 0.118 e. The Morgan fingerprint density at radius 2 is 1.95 bits per heavy atom. The normalized spacial score (nSPS) is 31.2.